The third kappa shape index (κ3) is 4.98. The lowest BCUT2D eigenvalue weighted by molar-refractivity contribution is -0.138. The topological polar surface area (TPSA) is 58.2 Å². The van der Waals surface area contributed by atoms with Crippen molar-refractivity contribution in [3.8, 4) is 0 Å². The standard InChI is InChI=1S/C16H10F6N2O2/c17-15(18,19)9-1-5-11(6-2-9)23-13(25)14(26)24-12-7-3-10(4-8-12)16(20,21)22/h1-8H,(H,23,25)(H,24,26). The number of alkyl halides is 6. The molecule has 26 heavy (non-hydrogen) atoms. The minimum absolute atomic E-state index is 0.0504. The molecular formula is C16H10F6N2O2. The summed E-state index contributed by atoms with van der Waals surface area (Å²) in [7, 11) is 0. The number of hydrogen-bond donors (Lipinski definition) is 2. The molecule has 0 radical (unpaired) electrons. The second-order valence-corrected chi connectivity index (χ2v) is 5.06. The Morgan fingerprint density at radius 1 is 0.577 bits per heavy atom. The molecular weight excluding hydrogens is 366 g/mol. The molecule has 2 N–H and O–H groups in total. The Bertz CT molecular complexity index is 726. The van der Waals surface area contributed by atoms with Gasteiger partial charge in [0.05, 0.1) is 11.1 Å². The van der Waals surface area contributed by atoms with E-state index in [0.717, 1.165) is 48.5 Å². The van der Waals surface area contributed by atoms with Gasteiger partial charge in [0.15, 0.2) is 0 Å². The second-order valence-electron chi connectivity index (χ2n) is 5.06. The van der Waals surface area contributed by atoms with Crippen LogP contribution in [0.15, 0.2) is 48.5 Å². The van der Waals surface area contributed by atoms with Gasteiger partial charge < -0.3 is 10.6 Å². The van der Waals surface area contributed by atoms with Gasteiger partial charge in [-0.3, -0.25) is 9.59 Å². The molecule has 2 aromatic rings. The third-order valence-electron chi connectivity index (χ3n) is 3.15. The normalized spacial score (nSPS) is 11.8. The molecule has 0 saturated heterocycles. The van der Waals surface area contributed by atoms with Crippen LogP contribution in [0.4, 0.5) is 37.7 Å². The van der Waals surface area contributed by atoms with Crippen LogP contribution in [0.1, 0.15) is 11.1 Å². The monoisotopic (exact) mass is 376 g/mol. The highest BCUT2D eigenvalue weighted by molar-refractivity contribution is 6.43. The summed E-state index contributed by atoms with van der Waals surface area (Å²) in [5, 5.41) is 4.16. The molecule has 0 unspecified atom stereocenters. The molecule has 2 amide bonds. The molecule has 2 aromatic carbocycles. The lowest BCUT2D eigenvalue weighted by Crippen LogP contribution is -2.29. The molecule has 2 rings (SSSR count). The maximum atomic E-state index is 12.4. The average molecular weight is 376 g/mol. The van der Waals surface area contributed by atoms with Gasteiger partial charge in [0.25, 0.3) is 0 Å². The zero-order chi connectivity index (χ0) is 19.5. The molecule has 0 aliphatic carbocycles. The third-order valence-corrected chi connectivity index (χ3v) is 3.15. The summed E-state index contributed by atoms with van der Waals surface area (Å²) in [4.78, 5) is 23.4. The van der Waals surface area contributed by atoms with Crippen LogP contribution in [0.3, 0.4) is 0 Å². The van der Waals surface area contributed by atoms with Gasteiger partial charge in [0, 0.05) is 11.4 Å². The van der Waals surface area contributed by atoms with Crippen LogP contribution in [0.5, 0.6) is 0 Å². The number of amides is 2. The minimum Gasteiger partial charge on any atom is -0.318 e. The van der Waals surface area contributed by atoms with E-state index >= 15 is 0 Å². The summed E-state index contributed by atoms with van der Waals surface area (Å²) >= 11 is 0. The number of rotatable bonds is 2. The number of anilines is 2. The summed E-state index contributed by atoms with van der Waals surface area (Å²) in [6, 6.07) is 6.76. The summed E-state index contributed by atoms with van der Waals surface area (Å²) in [5.74, 6) is -2.38. The van der Waals surface area contributed by atoms with Crippen molar-refractivity contribution in [3.63, 3.8) is 0 Å². The molecule has 0 saturated carbocycles. The smallest absolute Gasteiger partial charge is 0.318 e. The predicted molar refractivity (Wildman–Crippen MR) is 80.1 cm³/mol. The molecule has 0 aromatic heterocycles. The summed E-state index contributed by atoms with van der Waals surface area (Å²) in [6.07, 6.45) is -9.08. The van der Waals surface area contributed by atoms with E-state index in [1.165, 1.54) is 0 Å². The van der Waals surface area contributed by atoms with E-state index in [9.17, 15) is 35.9 Å². The molecule has 138 valence electrons. The Morgan fingerprint density at radius 2 is 0.846 bits per heavy atom. The van der Waals surface area contributed by atoms with E-state index in [1.54, 1.807) is 0 Å². The first-order chi connectivity index (χ1) is 12.0. The van der Waals surface area contributed by atoms with Gasteiger partial charge in [0.1, 0.15) is 0 Å². The van der Waals surface area contributed by atoms with Crippen molar-refractivity contribution in [2.24, 2.45) is 0 Å². The minimum atomic E-state index is -4.54. The average Bonchev–Trinajstić information content (AvgIpc) is 2.54. The second kappa shape index (κ2) is 7.06. The quantitative estimate of drug-likeness (QED) is 0.607. The lowest BCUT2D eigenvalue weighted by Gasteiger charge is -2.10. The van der Waals surface area contributed by atoms with E-state index < -0.39 is 35.3 Å². The van der Waals surface area contributed by atoms with Crippen molar-refractivity contribution >= 4 is 23.2 Å². The van der Waals surface area contributed by atoms with E-state index in [4.69, 9.17) is 0 Å². The molecule has 0 aliphatic rings. The van der Waals surface area contributed by atoms with Crippen LogP contribution in [-0.4, -0.2) is 11.8 Å². The number of nitrogens with one attached hydrogen (secondary N) is 2. The fourth-order valence-electron chi connectivity index (χ4n) is 1.86. The Labute approximate surface area is 142 Å². The Balaban J connectivity index is 1.98. The SMILES string of the molecule is O=C(Nc1ccc(C(F)(F)F)cc1)C(=O)Nc1ccc(C(F)(F)F)cc1. The van der Waals surface area contributed by atoms with Crippen molar-refractivity contribution in [1.29, 1.82) is 0 Å². The molecule has 0 fully saturated rings. The highest BCUT2D eigenvalue weighted by atomic mass is 19.4. The summed E-state index contributed by atoms with van der Waals surface area (Å²) in [6.45, 7) is 0. The van der Waals surface area contributed by atoms with Crippen molar-refractivity contribution in [2.75, 3.05) is 10.6 Å². The highest BCUT2D eigenvalue weighted by Gasteiger charge is 2.31. The number of benzene rings is 2. The zero-order valence-corrected chi connectivity index (χ0v) is 12.7. The highest BCUT2D eigenvalue weighted by Crippen LogP contribution is 2.30. The fraction of sp³-hybridized carbons (Fsp3) is 0.125. The maximum Gasteiger partial charge on any atom is 0.416 e. The van der Waals surface area contributed by atoms with Gasteiger partial charge in [-0.2, -0.15) is 26.3 Å². The molecule has 0 heterocycles. The molecule has 0 spiro atoms. The predicted octanol–water partition coefficient (Wildman–Crippen LogP) is 4.30. The van der Waals surface area contributed by atoms with Crippen LogP contribution >= 0.6 is 0 Å². The maximum absolute atomic E-state index is 12.4. The van der Waals surface area contributed by atoms with Gasteiger partial charge in [-0.1, -0.05) is 0 Å². The molecule has 0 aliphatic heterocycles. The Morgan fingerprint density at radius 3 is 1.08 bits per heavy atom. The molecule has 0 atom stereocenters. The summed E-state index contributed by atoms with van der Waals surface area (Å²) in [5.41, 5.74) is -1.95. The summed E-state index contributed by atoms with van der Waals surface area (Å²) < 4.78 is 74.6. The number of carbonyl (C=O) groups excluding carboxylic acids is 2. The van der Waals surface area contributed by atoms with Crippen molar-refractivity contribution in [3.05, 3.63) is 59.7 Å². The lowest BCUT2D eigenvalue weighted by atomic mass is 10.2. The number of halogens is 6. The van der Waals surface area contributed by atoms with E-state index in [0.29, 0.717) is 0 Å². The van der Waals surface area contributed by atoms with Crippen LogP contribution < -0.4 is 10.6 Å². The van der Waals surface area contributed by atoms with Crippen molar-refractivity contribution < 1.29 is 35.9 Å². The fourth-order valence-corrected chi connectivity index (χ4v) is 1.86. The van der Waals surface area contributed by atoms with Crippen molar-refractivity contribution in [2.45, 2.75) is 12.4 Å². The van der Waals surface area contributed by atoms with Gasteiger partial charge in [-0.25, -0.2) is 0 Å². The largest absolute Gasteiger partial charge is 0.416 e. The Hall–Kier alpha value is -3.04. The van der Waals surface area contributed by atoms with Crippen LogP contribution in [-0.2, 0) is 21.9 Å². The van der Waals surface area contributed by atoms with Crippen molar-refractivity contribution in [1.82, 2.24) is 0 Å². The van der Waals surface area contributed by atoms with Gasteiger partial charge >= 0.3 is 24.2 Å². The van der Waals surface area contributed by atoms with Gasteiger partial charge in [-0.05, 0) is 48.5 Å². The molecule has 10 heteroatoms. The zero-order valence-electron chi connectivity index (χ0n) is 12.7. The van der Waals surface area contributed by atoms with E-state index in [1.807, 2.05) is 0 Å². The van der Waals surface area contributed by atoms with E-state index in [-0.39, 0.29) is 11.4 Å². The number of hydrogen-bond acceptors (Lipinski definition) is 2. The van der Waals surface area contributed by atoms with Crippen LogP contribution in [0, 0.1) is 0 Å². The molecule has 0 bridgehead atoms. The van der Waals surface area contributed by atoms with Gasteiger partial charge in [0.2, 0.25) is 0 Å². The van der Waals surface area contributed by atoms with Crippen LogP contribution in [0.25, 0.3) is 0 Å². The first kappa shape index (κ1) is 19.3. The first-order valence-corrected chi connectivity index (χ1v) is 6.93. The Kier molecular flexibility index (Phi) is 5.24. The molecule has 4 nitrogen and oxygen atoms in total. The van der Waals surface area contributed by atoms with Gasteiger partial charge in [-0.15, -0.1) is 0 Å². The number of carbonyl (C=O) groups is 2. The first-order valence-electron chi connectivity index (χ1n) is 6.93. The van der Waals surface area contributed by atoms with Crippen LogP contribution in [0.2, 0.25) is 0 Å². The van der Waals surface area contributed by atoms with E-state index in [2.05, 4.69) is 10.6 Å².